The van der Waals surface area contributed by atoms with Gasteiger partial charge in [-0.1, -0.05) is 0 Å². The Kier molecular flexibility index (Phi) is 4.63. The largest absolute Gasteiger partial charge is 0.395 e. The van der Waals surface area contributed by atoms with Gasteiger partial charge in [-0.05, 0) is 24.3 Å². The molecule has 2 aliphatic heterocycles. The molecule has 1 N–H and O–H groups in total. The van der Waals surface area contributed by atoms with Crippen LogP contribution in [0.3, 0.4) is 0 Å². The minimum Gasteiger partial charge on any atom is -0.395 e. The van der Waals surface area contributed by atoms with Crippen LogP contribution in [0.5, 0.6) is 0 Å². The number of piperazine rings is 1. The first-order chi connectivity index (χ1) is 11.9. The lowest BCUT2D eigenvalue weighted by molar-refractivity contribution is -0.129. The maximum atomic E-state index is 12.7. The number of imide groups is 1. The van der Waals surface area contributed by atoms with Gasteiger partial charge in [0.2, 0.25) is 0 Å². The molecule has 4 amide bonds. The number of fused-ring (bicyclic) bond motifs is 1. The van der Waals surface area contributed by atoms with Crippen LogP contribution in [0.4, 0.5) is 10.5 Å². The average Bonchev–Trinajstić information content (AvgIpc) is 2.86. The SMILES string of the molecule is CN(C)c1ccc(C(=O)N2CCN3C(=O)N(CCO)C(=O)[C@H]3C2)cc1. The summed E-state index contributed by atoms with van der Waals surface area (Å²) in [4.78, 5) is 43.4. The number of hydrogen-bond donors (Lipinski definition) is 1. The fourth-order valence-electron chi connectivity index (χ4n) is 3.23. The van der Waals surface area contributed by atoms with Crippen LogP contribution in [-0.4, -0.2) is 90.6 Å². The number of β-amino-alcohol motifs (C(OH)–C–C–N with tert-alkyl or cyclic N) is 1. The zero-order valence-electron chi connectivity index (χ0n) is 14.4. The van der Waals surface area contributed by atoms with Crippen LogP contribution in [0.25, 0.3) is 0 Å². The molecule has 0 spiro atoms. The van der Waals surface area contributed by atoms with Crippen molar-refractivity contribution < 1.29 is 19.5 Å². The van der Waals surface area contributed by atoms with Gasteiger partial charge in [0.1, 0.15) is 6.04 Å². The summed E-state index contributed by atoms with van der Waals surface area (Å²) in [6, 6.07) is 6.24. The van der Waals surface area contributed by atoms with Crippen molar-refractivity contribution in [1.82, 2.24) is 14.7 Å². The molecule has 0 bridgehead atoms. The van der Waals surface area contributed by atoms with E-state index in [0.717, 1.165) is 10.6 Å². The summed E-state index contributed by atoms with van der Waals surface area (Å²) in [6.07, 6.45) is 0. The molecule has 2 heterocycles. The van der Waals surface area contributed by atoms with Crippen LogP contribution in [0.2, 0.25) is 0 Å². The number of urea groups is 1. The van der Waals surface area contributed by atoms with E-state index < -0.39 is 6.04 Å². The van der Waals surface area contributed by atoms with Crippen molar-refractivity contribution in [2.75, 3.05) is 51.8 Å². The lowest BCUT2D eigenvalue weighted by Crippen LogP contribution is -2.54. The smallest absolute Gasteiger partial charge is 0.327 e. The maximum Gasteiger partial charge on any atom is 0.327 e. The highest BCUT2D eigenvalue weighted by Crippen LogP contribution is 2.23. The highest BCUT2D eigenvalue weighted by Gasteiger charge is 2.48. The van der Waals surface area contributed by atoms with E-state index in [-0.39, 0.29) is 37.5 Å². The molecule has 0 aliphatic carbocycles. The minimum absolute atomic E-state index is 0.00931. The quantitative estimate of drug-likeness (QED) is 0.766. The van der Waals surface area contributed by atoms with Crippen LogP contribution in [0, 0.1) is 0 Å². The van der Waals surface area contributed by atoms with Gasteiger partial charge < -0.3 is 19.8 Å². The highest BCUT2D eigenvalue weighted by molar-refractivity contribution is 6.05. The standard InChI is InChI=1S/C17H22N4O4/c1-18(2)13-5-3-12(4-6-13)15(23)19-7-8-20-14(11-19)16(24)21(9-10-22)17(20)25/h3-6,14,22H,7-11H2,1-2H3/t14-/m1/s1. The topological polar surface area (TPSA) is 84.4 Å². The van der Waals surface area contributed by atoms with E-state index in [9.17, 15) is 14.4 Å². The van der Waals surface area contributed by atoms with E-state index in [4.69, 9.17) is 5.11 Å². The molecule has 1 aromatic rings. The molecule has 2 saturated heterocycles. The van der Waals surface area contributed by atoms with E-state index in [1.165, 1.54) is 4.90 Å². The van der Waals surface area contributed by atoms with E-state index in [2.05, 4.69) is 0 Å². The van der Waals surface area contributed by atoms with Gasteiger partial charge in [0.15, 0.2) is 0 Å². The van der Waals surface area contributed by atoms with Crippen molar-refractivity contribution in [2.24, 2.45) is 0 Å². The Bertz CT molecular complexity index is 688. The second-order valence-electron chi connectivity index (χ2n) is 6.40. The Morgan fingerprint density at radius 1 is 1.20 bits per heavy atom. The summed E-state index contributed by atoms with van der Waals surface area (Å²) in [6.45, 7) is 0.611. The molecule has 3 rings (SSSR count). The van der Waals surface area contributed by atoms with Crippen molar-refractivity contribution >= 4 is 23.5 Å². The number of hydrogen-bond acceptors (Lipinski definition) is 5. The van der Waals surface area contributed by atoms with Gasteiger partial charge in [-0.3, -0.25) is 14.5 Å². The molecule has 1 aromatic carbocycles. The number of nitrogens with zero attached hydrogens (tertiary/aromatic N) is 4. The second-order valence-corrected chi connectivity index (χ2v) is 6.40. The van der Waals surface area contributed by atoms with E-state index >= 15 is 0 Å². The molecule has 2 fully saturated rings. The van der Waals surface area contributed by atoms with Crippen molar-refractivity contribution in [3.8, 4) is 0 Å². The zero-order chi connectivity index (χ0) is 18.1. The maximum absolute atomic E-state index is 12.7. The number of rotatable bonds is 4. The van der Waals surface area contributed by atoms with E-state index in [1.807, 2.05) is 31.1 Å². The summed E-state index contributed by atoms with van der Waals surface area (Å²) in [5, 5.41) is 9.01. The molecule has 134 valence electrons. The number of amides is 4. The number of aliphatic hydroxyl groups excluding tert-OH is 1. The number of anilines is 1. The Hall–Kier alpha value is -2.61. The normalized spacial score (nSPS) is 20.1. The lowest BCUT2D eigenvalue weighted by atomic mass is 10.1. The monoisotopic (exact) mass is 346 g/mol. The van der Waals surface area contributed by atoms with Crippen LogP contribution in [0.1, 0.15) is 10.4 Å². The van der Waals surface area contributed by atoms with Crippen LogP contribution in [-0.2, 0) is 4.79 Å². The first-order valence-corrected chi connectivity index (χ1v) is 8.23. The summed E-state index contributed by atoms with van der Waals surface area (Å²) in [5.74, 6) is -0.495. The summed E-state index contributed by atoms with van der Waals surface area (Å²) in [7, 11) is 3.85. The Morgan fingerprint density at radius 2 is 1.88 bits per heavy atom. The van der Waals surface area contributed by atoms with Crippen molar-refractivity contribution in [3.63, 3.8) is 0 Å². The fraction of sp³-hybridized carbons (Fsp3) is 0.471. The minimum atomic E-state index is -0.655. The molecule has 0 aromatic heterocycles. The van der Waals surface area contributed by atoms with Crippen LogP contribution < -0.4 is 4.90 Å². The number of benzene rings is 1. The number of carbonyl (C=O) groups is 3. The third-order valence-electron chi connectivity index (χ3n) is 4.65. The number of aliphatic hydroxyl groups is 1. The molecule has 0 radical (unpaired) electrons. The van der Waals surface area contributed by atoms with Crippen molar-refractivity contribution in [2.45, 2.75) is 6.04 Å². The molecular formula is C17H22N4O4. The molecule has 2 aliphatic rings. The molecular weight excluding hydrogens is 324 g/mol. The van der Waals surface area contributed by atoms with Crippen molar-refractivity contribution in [3.05, 3.63) is 29.8 Å². The van der Waals surface area contributed by atoms with Gasteiger partial charge in [0.05, 0.1) is 19.7 Å². The predicted octanol–water partition coefficient (Wildman–Crippen LogP) is -0.166. The first kappa shape index (κ1) is 17.2. The Morgan fingerprint density at radius 3 is 2.48 bits per heavy atom. The van der Waals surface area contributed by atoms with E-state index in [1.54, 1.807) is 17.0 Å². The summed E-state index contributed by atoms with van der Waals surface area (Å²) in [5.41, 5.74) is 1.56. The number of carbonyl (C=O) groups excluding carboxylic acids is 3. The molecule has 25 heavy (non-hydrogen) atoms. The molecule has 0 unspecified atom stereocenters. The molecule has 8 nitrogen and oxygen atoms in total. The zero-order valence-corrected chi connectivity index (χ0v) is 14.4. The van der Waals surface area contributed by atoms with Crippen molar-refractivity contribution in [1.29, 1.82) is 0 Å². The van der Waals surface area contributed by atoms with Gasteiger partial charge in [-0.2, -0.15) is 0 Å². The Labute approximate surface area is 146 Å². The molecule has 1 atom stereocenters. The highest BCUT2D eigenvalue weighted by atomic mass is 16.3. The fourth-order valence-corrected chi connectivity index (χ4v) is 3.23. The molecule has 8 heteroatoms. The van der Waals surface area contributed by atoms with Crippen LogP contribution >= 0.6 is 0 Å². The van der Waals surface area contributed by atoms with Gasteiger partial charge in [-0.15, -0.1) is 0 Å². The Balaban J connectivity index is 1.72. The lowest BCUT2D eigenvalue weighted by Gasteiger charge is -2.35. The second kappa shape index (κ2) is 6.72. The van der Waals surface area contributed by atoms with Crippen LogP contribution in [0.15, 0.2) is 24.3 Å². The van der Waals surface area contributed by atoms with Gasteiger partial charge in [0.25, 0.3) is 11.8 Å². The average molecular weight is 346 g/mol. The third kappa shape index (κ3) is 3.05. The molecule has 0 saturated carbocycles. The first-order valence-electron chi connectivity index (χ1n) is 8.23. The predicted molar refractivity (Wildman–Crippen MR) is 91.4 cm³/mol. The summed E-state index contributed by atoms with van der Waals surface area (Å²) >= 11 is 0. The van der Waals surface area contributed by atoms with E-state index in [0.29, 0.717) is 18.7 Å². The third-order valence-corrected chi connectivity index (χ3v) is 4.65. The van der Waals surface area contributed by atoms with Gasteiger partial charge >= 0.3 is 6.03 Å². The van der Waals surface area contributed by atoms with Gasteiger partial charge in [0, 0.05) is 38.4 Å². The van der Waals surface area contributed by atoms with Gasteiger partial charge in [-0.25, -0.2) is 4.79 Å². The summed E-state index contributed by atoms with van der Waals surface area (Å²) < 4.78 is 0.